The molecule has 3 heterocycles. The van der Waals surface area contributed by atoms with E-state index in [9.17, 15) is 14.9 Å². The predicted molar refractivity (Wildman–Crippen MR) is 114 cm³/mol. The molecule has 0 aliphatic heterocycles. The van der Waals surface area contributed by atoms with Crippen LogP contribution in [0.3, 0.4) is 0 Å². The Kier molecular flexibility index (Phi) is 5.50. The Balaban J connectivity index is 1.57. The van der Waals surface area contributed by atoms with E-state index >= 15 is 0 Å². The van der Waals surface area contributed by atoms with E-state index in [1.807, 2.05) is 36.6 Å². The number of aromatic nitrogens is 3. The Bertz CT molecular complexity index is 1240. The van der Waals surface area contributed by atoms with Gasteiger partial charge in [-0.3, -0.25) is 14.9 Å². The van der Waals surface area contributed by atoms with Gasteiger partial charge in [-0.2, -0.15) is 9.78 Å². The fourth-order valence-electron chi connectivity index (χ4n) is 2.84. The first-order chi connectivity index (χ1) is 14.9. The minimum absolute atomic E-state index is 0.175. The number of nitrogens with one attached hydrogen (secondary N) is 1. The molecule has 0 unspecified atom stereocenters. The molecule has 0 saturated carbocycles. The van der Waals surface area contributed by atoms with Crippen molar-refractivity contribution in [3.63, 3.8) is 0 Å². The molecule has 0 saturated heterocycles. The fourth-order valence-corrected chi connectivity index (χ4v) is 3.64. The molecule has 0 atom stereocenters. The Morgan fingerprint density at radius 2 is 2.06 bits per heavy atom. The summed E-state index contributed by atoms with van der Waals surface area (Å²) >= 11 is 1.36. The van der Waals surface area contributed by atoms with Gasteiger partial charge in [-0.15, -0.1) is 11.3 Å². The van der Waals surface area contributed by atoms with E-state index < -0.39 is 16.7 Å². The van der Waals surface area contributed by atoms with Crippen molar-refractivity contribution in [2.24, 2.45) is 0 Å². The lowest BCUT2D eigenvalue weighted by atomic mass is 10.2. The number of carbonyl (C=O) groups is 1. The number of ether oxygens (including phenoxy) is 1. The second kappa shape index (κ2) is 8.40. The van der Waals surface area contributed by atoms with Crippen LogP contribution in [-0.2, 0) is 0 Å². The summed E-state index contributed by atoms with van der Waals surface area (Å²) in [5.74, 6) is -0.152. The maximum atomic E-state index is 12.5. The third-order valence-electron chi connectivity index (χ3n) is 4.20. The minimum Gasteiger partial charge on any atom is -0.494 e. The maximum absolute atomic E-state index is 12.5. The average Bonchev–Trinajstić information content (AvgIpc) is 3.48. The number of amides is 1. The normalized spacial score (nSPS) is 10.8. The highest BCUT2D eigenvalue weighted by molar-refractivity contribution is 7.12. The molecular weight excluding hydrogens is 422 g/mol. The zero-order valence-corrected chi connectivity index (χ0v) is 17.4. The monoisotopic (exact) mass is 439 g/mol. The van der Waals surface area contributed by atoms with Crippen molar-refractivity contribution in [3.8, 4) is 22.1 Å². The predicted octanol–water partition coefficient (Wildman–Crippen LogP) is 4.46. The topological polar surface area (TPSA) is 125 Å². The molecule has 4 aromatic rings. The lowest BCUT2D eigenvalue weighted by molar-refractivity contribution is -0.402. The number of benzene rings is 1. The second-order valence-corrected chi connectivity index (χ2v) is 7.24. The highest BCUT2D eigenvalue weighted by atomic mass is 32.1. The molecule has 0 aliphatic carbocycles. The highest BCUT2D eigenvalue weighted by Gasteiger charge is 2.20. The fraction of sp³-hybridized carbons (Fsp3) is 0.150. The van der Waals surface area contributed by atoms with Gasteiger partial charge >= 0.3 is 5.88 Å². The summed E-state index contributed by atoms with van der Waals surface area (Å²) in [5, 5.41) is 20.3. The Labute approximate surface area is 180 Å². The minimum atomic E-state index is -0.705. The molecule has 11 heteroatoms. The SMILES string of the molecule is CCOc1ccc(-c2csc(-n3nc(C)cc3NC(=O)c3ccc([N+](=O)[O-])o3)n2)cc1. The molecule has 10 nitrogen and oxygen atoms in total. The lowest BCUT2D eigenvalue weighted by Crippen LogP contribution is -2.14. The summed E-state index contributed by atoms with van der Waals surface area (Å²) in [5.41, 5.74) is 2.34. The smallest absolute Gasteiger partial charge is 0.433 e. The van der Waals surface area contributed by atoms with E-state index in [0.29, 0.717) is 23.3 Å². The Morgan fingerprint density at radius 3 is 2.74 bits per heavy atom. The van der Waals surface area contributed by atoms with Gasteiger partial charge in [0.25, 0.3) is 5.91 Å². The van der Waals surface area contributed by atoms with Crippen LogP contribution >= 0.6 is 11.3 Å². The lowest BCUT2D eigenvalue weighted by Gasteiger charge is -2.05. The molecule has 1 N–H and O–H groups in total. The molecule has 0 fully saturated rings. The molecule has 0 radical (unpaired) electrons. The molecule has 158 valence electrons. The first-order valence-corrected chi connectivity index (χ1v) is 10.1. The van der Waals surface area contributed by atoms with Crippen LogP contribution in [0, 0.1) is 17.0 Å². The highest BCUT2D eigenvalue weighted by Crippen LogP contribution is 2.28. The number of rotatable bonds is 7. The van der Waals surface area contributed by atoms with E-state index in [1.54, 1.807) is 13.0 Å². The van der Waals surface area contributed by atoms with Crippen LogP contribution in [-0.4, -0.2) is 32.2 Å². The van der Waals surface area contributed by atoms with Gasteiger partial charge in [0.15, 0.2) is 5.76 Å². The van der Waals surface area contributed by atoms with Gasteiger partial charge in [-0.05, 0) is 44.2 Å². The van der Waals surface area contributed by atoms with Crippen LogP contribution in [0.2, 0.25) is 0 Å². The average molecular weight is 439 g/mol. The van der Waals surface area contributed by atoms with Crippen molar-refractivity contribution >= 4 is 28.9 Å². The van der Waals surface area contributed by atoms with Gasteiger partial charge in [-0.25, -0.2) is 4.98 Å². The van der Waals surface area contributed by atoms with Gasteiger partial charge in [-0.1, -0.05) is 0 Å². The molecule has 3 aromatic heterocycles. The quantitative estimate of drug-likeness (QED) is 0.333. The van der Waals surface area contributed by atoms with Crippen LogP contribution in [0.25, 0.3) is 16.4 Å². The summed E-state index contributed by atoms with van der Waals surface area (Å²) in [6, 6.07) is 11.6. The number of thiazole rings is 1. The third-order valence-corrected chi connectivity index (χ3v) is 5.02. The van der Waals surface area contributed by atoms with Crippen LogP contribution in [0.4, 0.5) is 11.7 Å². The number of hydrogen-bond donors (Lipinski definition) is 1. The van der Waals surface area contributed by atoms with Crippen molar-refractivity contribution < 1.29 is 18.9 Å². The van der Waals surface area contributed by atoms with Gasteiger partial charge in [0.2, 0.25) is 5.13 Å². The molecule has 1 aromatic carbocycles. The number of anilines is 1. The third kappa shape index (κ3) is 4.31. The molecular formula is C20H17N5O5S. The van der Waals surface area contributed by atoms with Crippen LogP contribution in [0.5, 0.6) is 5.75 Å². The van der Waals surface area contributed by atoms with Crippen molar-refractivity contribution in [1.82, 2.24) is 14.8 Å². The van der Waals surface area contributed by atoms with Gasteiger partial charge in [0, 0.05) is 17.0 Å². The maximum Gasteiger partial charge on any atom is 0.433 e. The number of hydrogen-bond acceptors (Lipinski definition) is 8. The largest absolute Gasteiger partial charge is 0.494 e. The van der Waals surface area contributed by atoms with E-state index in [-0.39, 0.29) is 5.76 Å². The molecule has 1 amide bonds. The first-order valence-electron chi connectivity index (χ1n) is 9.26. The van der Waals surface area contributed by atoms with Crippen molar-refractivity contribution in [2.45, 2.75) is 13.8 Å². The zero-order valence-electron chi connectivity index (χ0n) is 16.6. The Morgan fingerprint density at radius 1 is 1.29 bits per heavy atom. The summed E-state index contributed by atoms with van der Waals surface area (Å²) in [6.07, 6.45) is 0. The van der Waals surface area contributed by atoms with Crippen LogP contribution in [0.1, 0.15) is 23.2 Å². The van der Waals surface area contributed by atoms with Crippen LogP contribution in [0.15, 0.2) is 52.3 Å². The summed E-state index contributed by atoms with van der Waals surface area (Å²) in [6.45, 7) is 4.31. The molecule has 31 heavy (non-hydrogen) atoms. The number of furan rings is 1. The summed E-state index contributed by atoms with van der Waals surface area (Å²) in [4.78, 5) is 27.1. The molecule has 4 rings (SSSR count). The van der Waals surface area contributed by atoms with Gasteiger partial charge in [0.1, 0.15) is 16.5 Å². The molecule has 0 aliphatic rings. The van der Waals surface area contributed by atoms with Gasteiger partial charge in [0.05, 0.1) is 24.1 Å². The van der Waals surface area contributed by atoms with Gasteiger partial charge < -0.3 is 14.5 Å². The van der Waals surface area contributed by atoms with Crippen molar-refractivity contribution in [2.75, 3.05) is 11.9 Å². The van der Waals surface area contributed by atoms with E-state index in [0.717, 1.165) is 23.1 Å². The zero-order chi connectivity index (χ0) is 22.0. The van der Waals surface area contributed by atoms with E-state index in [2.05, 4.69) is 15.4 Å². The number of nitrogens with zero attached hydrogens (tertiary/aromatic N) is 4. The number of nitro groups is 1. The first kappa shape index (κ1) is 20.3. The summed E-state index contributed by atoms with van der Waals surface area (Å²) < 4.78 is 11.9. The Hall–Kier alpha value is -3.99. The van der Waals surface area contributed by atoms with Crippen molar-refractivity contribution in [3.05, 3.63) is 69.4 Å². The van der Waals surface area contributed by atoms with Crippen molar-refractivity contribution in [1.29, 1.82) is 0 Å². The van der Waals surface area contributed by atoms with Crippen LogP contribution < -0.4 is 10.1 Å². The molecule has 0 spiro atoms. The number of aryl methyl sites for hydroxylation is 1. The second-order valence-electron chi connectivity index (χ2n) is 6.40. The molecule has 0 bridgehead atoms. The summed E-state index contributed by atoms with van der Waals surface area (Å²) in [7, 11) is 0. The van der Waals surface area contributed by atoms with E-state index in [4.69, 9.17) is 9.15 Å². The standard InChI is InChI=1S/C20H17N5O5S/c1-3-29-14-6-4-13(5-7-14)15-11-31-20(21-15)24-17(10-12(2)23-24)22-19(26)16-8-9-18(30-16)25(27)28/h4-11H,3H2,1-2H3,(H,22,26). The number of carbonyl (C=O) groups excluding carboxylic acids is 1. The van der Waals surface area contributed by atoms with E-state index in [1.165, 1.54) is 22.1 Å².